The molecule has 84 valence electrons. The Morgan fingerprint density at radius 3 is 3.19 bits per heavy atom. The fourth-order valence-electron chi connectivity index (χ4n) is 1.85. The predicted molar refractivity (Wildman–Crippen MR) is 61.0 cm³/mol. The molecule has 0 saturated carbocycles. The normalized spacial score (nSPS) is 21.4. The van der Waals surface area contributed by atoms with E-state index in [0.717, 1.165) is 23.9 Å². The van der Waals surface area contributed by atoms with Crippen LogP contribution in [0.1, 0.15) is 11.9 Å². The largest absolute Gasteiger partial charge is 0.306 e. The van der Waals surface area contributed by atoms with Gasteiger partial charge in [0.2, 0.25) is 0 Å². The number of halogens is 1. The van der Waals surface area contributed by atoms with Crippen molar-refractivity contribution in [3.05, 3.63) is 30.0 Å². The molecule has 6 heteroatoms. The summed E-state index contributed by atoms with van der Waals surface area (Å²) in [5, 5.41) is 11.5. The molecule has 4 nitrogen and oxygen atoms in total. The number of pyridine rings is 1. The average molecular weight is 238 g/mol. The van der Waals surface area contributed by atoms with Crippen molar-refractivity contribution < 1.29 is 4.39 Å². The lowest BCUT2D eigenvalue weighted by Crippen LogP contribution is -2.31. The van der Waals surface area contributed by atoms with Crippen LogP contribution in [0.2, 0.25) is 0 Å². The second-order valence-corrected chi connectivity index (χ2v) is 4.87. The van der Waals surface area contributed by atoms with Gasteiger partial charge in [0.25, 0.3) is 0 Å². The highest BCUT2D eigenvalue weighted by Crippen LogP contribution is 2.21. The maximum atomic E-state index is 13.2. The molecular weight excluding hydrogens is 227 g/mol. The summed E-state index contributed by atoms with van der Waals surface area (Å²) in [6.07, 6.45) is 1.44. The van der Waals surface area contributed by atoms with Gasteiger partial charge in [0.1, 0.15) is 5.82 Å². The van der Waals surface area contributed by atoms with Crippen molar-refractivity contribution >= 4 is 17.4 Å². The summed E-state index contributed by atoms with van der Waals surface area (Å²) in [4.78, 5) is 0. The maximum absolute atomic E-state index is 13.2. The van der Waals surface area contributed by atoms with Crippen molar-refractivity contribution in [1.29, 1.82) is 0 Å². The van der Waals surface area contributed by atoms with E-state index in [1.54, 1.807) is 10.5 Å². The molecule has 0 bridgehead atoms. The molecule has 0 aliphatic carbocycles. The zero-order valence-electron chi connectivity index (χ0n) is 8.56. The van der Waals surface area contributed by atoms with Gasteiger partial charge in [-0.15, -0.1) is 10.2 Å². The van der Waals surface area contributed by atoms with Crippen LogP contribution < -0.4 is 5.32 Å². The van der Waals surface area contributed by atoms with Crippen LogP contribution in [-0.2, 0) is 0 Å². The van der Waals surface area contributed by atoms with Crippen molar-refractivity contribution in [2.75, 3.05) is 18.1 Å². The van der Waals surface area contributed by atoms with Gasteiger partial charge in [-0.1, -0.05) is 0 Å². The lowest BCUT2D eigenvalue weighted by Gasteiger charge is -2.21. The zero-order chi connectivity index (χ0) is 11.0. The van der Waals surface area contributed by atoms with Gasteiger partial charge in [0, 0.05) is 24.2 Å². The minimum atomic E-state index is -0.267. The molecule has 1 atom stereocenters. The van der Waals surface area contributed by atoms with Crippen LogP contribution in [0.4, 0.5) is 4.39 Å². The van der Waals surface area contributed by atoms with Crippen LogP contribution >= 0.6 is 11.8 Å². The highest BCUT2D eigenvalue weighted by molar-refractivity contribution is 7.99. The first-order valence-electron chi connectivity index (χ1n) is 5.16. The summed E-state index contributed by atoms with van der Waals surface area (Å²) >= 11 is 1.88. The molecule has 2 aromatic heterocycles. The Kier molecular flexibility index (Phi) is 2.53. The molecule has 1 aliphatic rings. The van der Waals surface area contributed by atoms with E-state index in [1.165, 1.54) is 12.3 Å². The number of nitrogens with one attached hydrogen (secondary N) is 1. The standard InChI is InChI=1S/C10H11FN4S/c11-7-1-2-9-13-14-10(15(9)5-7)8-6-16-4-3-12-8/h1-2,5,8,12H,3-4,6H2. The Labute approximate surface area is 96.2 Å². The highest BCUT2D eigenvalue weighted by atomic mass is 32.2. The molecule has 1 unspecified atom stereocenters. The number of aromatic nitrogens is 3. The quantitative estimate of drug-likeness (QED) is 0.812. The van der Waals surface area contributed by atoms with Gasteiger partial charge in [-0.2, -0.15) is 11.8 Å². The van der Waals surface area contributed by atoms with E-state index in [0.29, 0.717) is 5.65 Å². The van der Waals surface area contributed by atoms with Gasteiger partial charge in [-0.05, 0) is 12.1 Å². The third-order valence-electron chi connectivity index (χ3n) is 2.63. The van der Waals surface area contributed by atoms with E-state index in [2.05, 4.69) is 15.5 Å². The number of fused-ring (bicyclic) bond motifs is 1. The molecule has 0 amide bonds. The summed E-state index contributed by atoms with van der Waals surface area (Å²) in [5.41, 5.74) is 0.689. The minimum Gasteiger partial charge on any atom is -0.306 e. The van der Waals surface area contributed by atoms with E-state index >= 15 is 0 Å². The first-order chi connectivity index (χ1) is 7.84. The Balaban J connectivity index is 2.05. The van der Waals surface area contributed by atoms with Crippen molar-refractivity contribution in [2.24, 2.45) is 0 Å². The predicted octanol–water partition coefficient (Wildman–Crippen LogP) is 1.25. The molecular formula is C10H11FN4S. The molecule has 3 rings (SSSR count). The van der Waals surface area contributed by atoms with Gasteiger partial charge in [0.05, 0.1) is 6.04 Å². The second-order valence-electron chi connectivity index (χ2n) is 3.72. The summed E-state index contributed by atoms with van der Waals surface area (Å²) in [5.74, 6) is 2.59. The van der Waals surface area contributed by atoms with Crippen molar-refractivity contribution in [2.45, 2.75) is 6.04 Å². The number of rotatable bonds is 1. The van der Waals surface area contributed by atoms with E-state index in [-0.39, 0.29) is 11.9 Å². The van der Waals surface area contributed by atoms with Gasteiger partial charge in [0.15, 0.2) is 11.5 Å². The monoisotopic (exact) mass is 238 g/mol. The molecule has 0 spiro atoms. The molecule has 1 fully saturated rings. The summed E-state index contributed by atoms with van der Waals surface area (Å²) in [7, 11) is 0. The molecule has 0 aromatic carbocycles. The van der Waals surface area contributed by atoms with Crippen molar-refractivity contribution in [3.63, 3.8) is 0 Å². The van der Waals surface area contributed by atoms with Gasteiger partial charge in [-0.3, -0.25) is 4.40 Å². The van der Waals surface area contributed by atoms with Crippen LogP contribution in [0, 0.1) is 5.82 Å². The smallest absolute Gasteiger partial charge is 0.160 e. The van der Waals surface area contributed by atoms with E-state index < -0.39 is 0 Å². The van der Waals surface area contributed by atoms with Gasteiger partial charge < -0.3 is 5.32 Å². The fourth-order valence-corrected chi connectivity index (χ4v) is 2.78. The van der Waals surface area contributed by atoms with Crippen LogP contribution in [-0.4, -0.2) is 32.6 Å². The third-order valence-corrected chi connectivity index (χ3v) is 3.69. The number of hydrogen-bond acceptors (Lipinski definition) is 4. The lowest BCUT2D eigenvalue weighted by molar-refractivity contribution is 0.554. The second kappa shape index (κ2) is 4.03. The Morgan fingerprint density at radius 1 is 1.44 bits per heavy atom. The molecule has 0 radical (unpaired) electrons. The van der Waals surface area contributed by atoms with Crippen molar-refractivity contribution in [1.82, 2.24) is 19.9 Å². The molecule has 2 aromatic rings. The van der Waals surface area contributed by atoms with Crippen molar-refractivity contribution in [3.8, 4) is 0 Å². The van der Waals surface area contributed by atoms with E-state index in [9.17, 15) is 4.39 Å². The minimum absolute atomic E-state index is 0.163. The SMILES string of the molecule is Fc1ccc2nnc(C3CSCCN3)n2c1. The van der Waals surface area contributed by atoms with Gasteiger partial charge in [-0.25, -0.2) is 4.39 Å². The molecule has 16 heavy (non-hydrogen) atoms. The lowest BCUT2D eigenvalue weighted by atomic mass is 10.3. The first kappa shape index (κ1) is 10.0. The highest BCUT2D eigenvalue weighted by Gasteiger charge is 2.20. The van der Waals surface area contributed by atoms with Gasteiger partial charge >= 0.3 is 0 Å². The molecule has 1 saturated heterocycles. The Bertz CT molecular complexity index is 506. The Hall–Kier alpha value is -1.14. The van der Waals surface area contributed by atoms with Crippen LogP contribution in [0.15, 0.2) is 18.3 Å². The maximum Gasteiger partial charge on any atom is 0.160 e. The number of hydrogen-bond donors (Lipinski definition) is 1. The zero-order valence-corrected chi connectivity index (χ0v) is 9.38. The molecule has 3 heterocycles. The third kappa shape index (κ3) is 1.68. The Morgan fingerprint density at radius 2 is 2.38 bits per heavy atom. The van der Waals surface area contributed by atoms with Crippen LogP contribution in [0.5, 0.6) is 0 Å². The van der Waals surface area contributed by atoms with E-state index in [4.69, 9.17) is 0 Å². The number of thioether (sulfide) groups is 1. The molecule has 1 N–H and O–H groups in total. The fraction of sp³-hybridized carbons (Fsp3) is 0.400. The van der Waals surface area contributed by atoms with Crippen LogP contribution in [0.3, 0.4) is 0 Å². The van der Waals surface area contributed by atoms with Crippen LogP contribution in [0.25, 0.3) is 5.65 Å². The average Bonchev–Trinajstić information content (AvgIpc) is 2.73. The topological polar surface area (TPSA) is 42.2 Å². The summed E-state index contributed by atoms with van der Waals surface area (Å²) in [6, 6.07) is 3.20. The molecule has 1 aliphatic heterocycles. The summed E-state index contributed by atoms with van der Waals surface area (Å²) in [6.45, 7) is 0.958. The summed E-state index contributed by atoms with van der Waals surface area (Å²) < 4.78 is 14.9. The number of nitrogens with zero attached hydrogens (tertiary/aromatic N) is 3. The van der Waals surface area contributed by atoms with E-state index in [1.807, 2.05) is 11.8 Å². The first-order valence-corrected chi connectivity index (χ1v) is 6.31.